The maximum atomic E-state index is 11.3. The lowest BCUT2D eigenvalue weighted by atomic mass is 9.90. The molecule has 2 nitrogen and oxygen atoms in total. The van der Waals surface area contributed by atoms with Crippen molar-refractivity contribution in [1.29, 1.82) is 0 Å². The van der Waals surface area contributed by atoms with E-state index in [9.17, 15) is 4.79 Å². The summed E-state index contributed by atoms with van der Waals surface area (Å²) in [7, 11) is 0. The van der Waals surface area contributed by atoms with E-state index in [1.54, 1.807) is 0 Å². The number of hydrogen-bond donors (Lipinski definition) is 2. The Morgan fingerprint density at radius 2 is 2.00 bits per heavy atom. The van der Waals surface area contributed by atoms with Gasteiger partial charge in [0.15, 0.2) is 0 Å². The van der Waals surface area contributed by atoms with Crippen LogP contribution in [-0.2, 0) is 4.79 Å². The number of allylic oxidation sites excluding steroid dienone is 2. The van der Waals surface area contributed by atoms with Crippen molar-refractivity contribution in [2.45, 2.75) is 33.6 Å². The Morgan fingerprint density at radius 3 is 2.47 bits per heavy atom. The van der Waals surface area contributed by atoms with Crippen LogP contribution in [0.15, 0.2) is 22.8 Å². The van der Waals surface area contributed by atoms with Crippen LogP contribution in [0.2, 0.25) is 0 Å². The van der Waals surface area contributed by atoms with E-state index in [4.69, 9.17) is 0 Å². The summed E-state index contributed by atoms with van der Waals surface area (Å²) in [5, 5.41) is 3.11. The molecule has 0 spiro atoms. The lowest BCUT2D eigenvalue weighted by Crippen LogP contribution is -2.31. The fourth-order valence-corrected chi connectivity index (χ4v) is 1.73. The normalized spacial score (nSPS) is 16.8. The monoisotopic (exact) mass is 225 g/mol. The number of hydrogen-bond acceptors (Lipinski definition) is 3. The van der Waals surface area contributed by atoms with Crippen molar-refractivity contribution >= 4 is 18.4 Å². The molecule has 0 bridgehead atoms. The van der Waals surface area contributed by atoms with Crippen LogP contribution in [0.3, 0.4) is 0 Å². The quantitative estimate of drug-likeness (QED) is 0.437. The number of ketones is 1. The largest absolute Gasteiger partial charge is 0.381 e. The Balaban J connectivity index is 2.29. The van der Waals surface area contributed by atoms with Crippen LogP contribution in [0.25, 0.3) is 0 Å². The molecule has 1 aliphatic carbocycles. The topological polar surface area (TPSA) is 29.1 Å². The molecule has 0 aromatic heterocycles. The standard InChI is InChI=1S/C12H19NOS/c1-8-10(14)9(11(8)15)13-7-5-6-12(2,3)4/h13,15H,1,5-7H2,2-4H3. The maximum absolute atomic E-state index is 11.3. The van der Waals surface area contributed by atoms with Crippen molar-refractivity contribution in [3.63, 3.8) is 0 Å². The van der Waals surface area contributed by atoms with E-state index in [0.717, 1.165) is 24.3 Å². The van der Waals surface area contributed by atoms with Gasteiger partial charge in [-0.05, 0) is 18.3 Å². The van der Waals surface area contributed by atoms with Gasteiger partial charge in [-0.3, -0.25) is 4.79 Å². The Labute approximate surface area is 97.2 Å². The summed E-state index contributed by atoms with van der Waals surface area (Å²) >= 11 is 4.19. The van der Waals surface area contributed by atoms with Crippen LogP contribution in [0.4, 0.5) is 0 Å². The van der Waals surface area contributed by atoms with Crippen LogP contribution in [-0.4, -0.2) is 12.3 Å². The average molecular weight is 225 g/mol. The van der Waals surface area contributed by atoms with Gasteiger partial charge in [-0.25, -0.2) is 0 Å². The first kappa shape index (κ1) is 12.4. The zero-order valence-electron chi connectivity index (χ0n) is 9.68. The first-order valence-corrected chi connectivity index (χ1v) is 5.69. The van der Waals surface area contributed by atoms with Crippen molar-refractivity contribution in [2.75, 3.05) is 6.54 Å². The Bertz CT molecular complexity index is 323. The summed E-state index contributed by atoms with van der Waals surface area (Å²) in [5.41, 5.74) is 1.52. The van der Waals surface area contributed by atoms with E-state index in [-0.39, 0.29) is 5.78 Å². The highest BCUT2D eigenvalue weighted by atomic mass is 32.1. The second-order valence-electron chi connectivity index (χ2n) is 5.12. The smallest absolute Gasteiger partial charge is 0.210 e. The summed E-state index contributed by atoms with van der Waals surface area (Å²) in [4.78, 5) is 12.0. The van der Waals surface area contributed by atoms with Crippen LogP contribution in [0, 0.1) is 5.41 Å². The minimum absolute atomic E-state index is 0.00996. The number of Topliss-reactive ketones (excluding diaryl/α,β-unsaturated/α-hetero) is 1. The SMILES string of the molecule is C=C1C(=O)C(NCCCC(C)(C)C)=C1S. The van der Waals surface area contributed by atoms with Gasteiger partial charge in [0.1, 0.15) is 0 Å². The highest BCUT2D eigenvalue weighted by Crippen LogP contribution is 2.29. The Morgan fingerprint density at radius 1 is 1.40 bits per heavy atom. The van der Waals surface area contributed by atoms with E-state index < -0.39 is 0 Å². The molecule has 0 radical (unpaired) electrons. The van der Waals surface area contributed by atoms with E-state index >= 15 is 0 Å². The minimum atomic E-state index is 0.00996. The van der Waals surface area contributed by atoms with Crippen LogP contribution >= 0.6 is 12.6 Å². The molecule has 0 saturated carbocycles. The molecule has 0 atom stereocenters. The molecule has 0 aliphatic heterocycles. The van der Waals surface area contributed by atoms with Gasteiger partial charge in [-0.1, -0.05) is 27.4 Å². The third kappa shape index (κ3) is 3.13. The molecule has 0 saturated heterocycles. The second kappa shape index (κ2) is 4.44. The third-order valence-corrected chi connectivity index (χ3v) is 2.92. The fourth-order valence-electron chi connectivity index (χ4n) is 1.45. The molecule has 0 fully saturated rings. The van der Waals surface area contributed by atoms with Crippen molar-refractivity contribution in [3.8, 4) is 0 Å². The predicted octanol–water partition coefficient (Wildman–Crippen LogP) is 2.68. The summed E-state index contributed by atoms with van der Waals surface area (Å²) in [6, 6.07) is 0. The Hall–Kier alpha value is -0.700. The van der Waals surface area contributed by atoms with Gasteiger partial charge >= 0.3 is 0 Å². The van der Waals surface area contributed by atoms with Crippen molar-refractivity contribution in [1.82, 2.24) is 5.32 Å². The third-order valence-electron chi connectivity index (χ3n) is 2.43. The van der Waals surface area contributed by atoms with Crippen molar-refractivity contribution < 1.29 is 4.79 Å². The molecule has 1 N–H and O–H groups in total. The first-order chi connectivity index (χ1) is 6.83. The minimum Gasteiger partial charge on any atom is -0.381 e. The second-order valence-corrected chi connectivity index (χ2v) is 5.57. The van der Waals surface area contributed by atoms with Gasteiger partial charge in [0.25, 0.3) is 0 Å². The van der Waals surface area contributed by atoms with Crippen LogP contribution in [0.5, 0.6) is 0 Å². The number of carbonyl (C=O) groups excluding carboxylic acids is 1. The molecule has 0 amide bonds. The van der Waals surface area contributed by atoms with Gasteiger partial charge in [0, 0.05) is 17.0 Å². The van der Waals surface area contributed by atoms with Gasteiger partial charge in [0.2, 0.25) is 5.78 Å². The number of thiol groups is 1. The van der Waals surface area contributed by atoms with E-state index in [1.807, 2.05) is 0 Å². The lowest BCUT2D eigenvalue weighted by molar-refractivity contribution is -0.113. The van der Waals surface area contributed by atoms with Crippen LogP contribution < -0.4 is 5.32 Å². The van der Waals surface area contributed by atoms with Gasteiger partial charge in [-0.15, -0.1) is 12.6 Å². The number of rotatable bonds is 4. The summed E-state index contributed by atoms with van der Waals surface area (Å²) < 4.78 is 0. The molecular weight excluding hydrogens is 206 g/mol. The summed E-state index contributed by atoms with van der Waals surface area (Å²) in [5.74, 6) is 0.00996. The van der Waals surface area contributed by atoms with E-state index in [0.29, 0.717) is 16.7 Å². The molecule has 1 rings (SSSR count). The lowest BCUT2D eigenvalue weighted by Gasteiger charge is -2.23. The molecule has 1 aliphatic rings. The molecule has 3 heteroatoms. The molecule has 15 heavy (non-hydrogen) atoms. The number of carbonyl (C=O) groups is 1. The molecule has 84 valence electrons. The maximum Gasteiger partial charge on any atom is 0.210 e. The van der Waals surface area contributed by atoms with E-state index in [2.05, 4.69) is 45.3 Å². The summed E-state index contributed by atoms with van der Waals surface area (Å²) in [6.07, 6.45) is 2.21. The predicted molar refractivity (Wildman–Crippen MR) is 66.9 cm³/mol. The fraction of sp³-hybridized carbons (Fsp3) is 0.583. The molecule has 0 heterocycles. The van der Waals surface area contributed by atoms with Crippen molar-refractivity contribution in [2.24, 2.45) is 5.41 Å². The Kier molecular flexibility index (Phi) is 3.66. The molecule has 0 unspecified atom stereocenters. The zero-order chi connectivity index (χ0) is 11.6. The van der Waals surface area contributed by atoms with Crippen molar-refractivity contribution in [3.05, 3.63) is 22.8 Å². The zero-order valence-corrected chi connectivity index (χ0v) is 10.6. The molecule has 0 aromatic carbocycles. The van der Waals surface area contributed by atoms with Gasteiger partial charge < -0.3 is 5.32 Å². The first-order valence-electron chi connectivity index (χ1n) is 5.24. The van der Waals surface area contributed by atoms with Gasteiger partial charge in [-0.2, -0.15) is 0 Å². The molecule has 0 aromatic rings. The van der Waals surface area contributed by atoms with Gasteiger partial charge in [0.05, 0.1) is 5.70 Å². The van der Waals surface area contributed by atoms with E-state index in [1.165, 1.54) is 0 Å². The number of nitrogens with one attached hydrogen (secondary N) is 1. The van der Waals surface area contributed by atoms with Crippen LogP contribution in [0.1, 0.15) is 33.6 Å². The highest BCUT2D eigenvalue weighted by molar-refractivity contribution is 7.85. The highest BCUT2D eigenvalue weighted by Gasteiger charge is 2.29. The summed E-state index contributed by atoms with van der Waals surface area (Å²) in [6.45, 7) is 11.1. The average Bonchev–Trinajstić information content (AvgIpc) is 2.14. The molecular formula is C12H19NOS.